The molecule has 2 aromatic carbocycles. The molecule has 2 rings (SSSR count). The first-order valence-corrected chi connectivity index (χ1v) is 9.11. The molecule has 2 aromatic rings. The number of halogens is 1. The summed E-state index contributed by atoms with van der Waals surface area (Å²) in [5.41, 5.74) is 1.67. The Labute approximate surface area is 146 Å². The van der Waals surface area contributed by atoms with Crippen LogP contribution < -0.4 is 10.5 Å². The molecule has 7 heteroatoms. The second-order valence-electron chi connectivity index (χ2n) is 5.08. The van der Waals surface area contributed by atoms with Crippen molar-refractivity contribution in [2.75, 3.05) is 6.54 Å². The molecular formula is C17H17ClN2O3S. The summed E-state index contributed by atoms with van der Waals surface area (Å²) in [6.07, 6.45) is 3.65. The number of nitrogens with two attached hydrogens (primary N) is 1. The number of amides is 1. The molecule has 0 aliphatic rings. The molecule has 0 atom stereocenters. The van der Waals surface area contributed by atoms with Crippen LogP contribution in [0.15, 0.2) is 59.5 Å². The number of hydrogen-bond donors (Lipinski definition) is 2. The summed E-state index contributed by atoms with van der Waals surface area (Å²) >= 11 is 6.00. The molecule has 0 unspecified atom stereocenters. The monoisotopic (exact) mass is 364 g/mol. The van der Waals surface area contributed by atoms with Crippen LogP contribution in [0.4, 0.5) is 0 Å². The van der Waals surface area contributed by atoms with Gasteiger partial charge in [-0.25, -0.2) is 13.6 Å². The maximum atomic E-state index is 11.8. The third-order valence-electron chi connectivity index (χ3n) is 3.28. The minimum absolute atomic E-state index is 0.0676. The van der Waals surface area contributed by atoms with Crippen molar-refractivity contribution in [2.45, 2.75) is 11.3 Å². The van der Waals surface area contributed by atoms with E-state index in [0.717, 1.165) is 11.1 Å². The van der Waals surface area contributed by atoms with Crippen molar-refractivity contribution in [2.24, 2.45) is 5.14 Å². The van der Waals surface area contributed by atoms with Crippen molar-refractivity contribution < 1.29 is 13.2 Å². The van der Waals surface area contributed by atoms with Crippen LogP contribution in [0.5, 0.6) is 0 Å². The van der Waals surface area contributed by atoms with Crippen molar-refractivity contribution in [3.05, 3.63) is 70.8 Å². The van der Waals surface area contributed by atoms with Crippen LogP contribution in [0, 0.1) is 0 Å². The van der Waals surface area contributed by atoms with E-state index < -0.39 is 10.0 Å². The first-order chi connectivity index (χ1) is 11.4. The summed E-state index contributed by atoms with van der Waals surface area (Å²) in [6.45, 7) is 0.431. The SMILES string of the molecule is NS(=O)(=O)c1ccc(CCNC(=O)C=Cc2ccccc2Cl)cc1. The van der Waals surface area contributed by atoms with Gasteiger partial charge in [0.15, 0.2) is 0 Å². The third kappa shape index (κ3) is 5.49. The maximum Gasteiger partial charge on any atom is 0.244 e. The van der Waals surface area contributed by atoms with Gasteiger partial charge in [0, 0.05) is 17.6 Å². The van der Waals surface area contributed by atoms with Crippen molar-refractivity contribution in [3.8, 4) is 0 Å². The first kappa shape index (κ1) is 18.2. The number of carbonyl (C=O) groups excluding carboxylic acids is 1. The van der Waals surface area contributed by atoms with E-state index in [1.54, 1.807) is 24.3 Å². The standard InChI is InChI=1S/C17H17ClN2O3S/c18-16-4-2-1-3-14(16)7-10-17(21)20-12-11-13-5-8-15(9-6-13)24(19,22)23/h1-10H,11-12H2,(H,20,21)(H2,19,22,23). The molecule has 0 radical (unpaired) electrons. The zero-order chi connectivity index (χ0) is 17.6. The van der Waals surface area contributed by atoms with E-state index in [4.69, 9.17) is 16.7 Å². The maximum absolute atomic E-state index is 11.8. The highest BCUT2D eigenvalue weighted by Gasteiger charge is 2.06. The molecule has 3 N–H and O–H groups in total. The van der Waals surface area contributed by atoms with Gasteiger partial charge in [-0.1, -0.05) is 41.9 Å². The van der Waals surface area contributed by atoms with Crippen molar-refractivity contribution in [1.29, 1.82) is 0 Å². The lowest BCUT2D eigenvalue weighted by molar-refractivity contribution is -0.116. The summed E-state index contributed by atoms with van der Waals surface area (Å²) < 4.78 is 22.3. The fraction of sp³-hybridized carbons (Fsp3) is 0.118. The molecule has 0 aliphatic carbocycles. The molecule has 0 heterocycles. The molecule has 0 aliphatic heterocycles. The fourth-order valence-electron chi connectivity index (χ4n) is 2.01. The lowest BCUT2D eigenvalue weighted by Crippen LogP contribution is -2.23. The topological polar surface area (TPSA) is 89.3 Å². The van der Waals surface area contributed by atoms with Gasteiger partial charge in [0.25, 0.3) is 0 Å². The summed E-state index contributed by atoms with van der Waals surface area (Å²) in [4.78, 5) is 11.8. The van der Waals surface area contributed by atoms with Crippen molar-refractivity contribution in [1.82, 2.24) is 5.32 Å². The summed E-state index contributed by atoms with van der Waals surface area (Å²) in [5, 5.41) is 8.37. The zero-order valence-electron chi connectivity index (χ0n) is 12.8. The van der Waals surface area contributed by atoms with E-state index in [1.165, 1.54) is 18.2 Å². The van der Waals surface area contributed by atoms with Gasteiger partial charge in [-0.15, -0.1) is 0 Å². The number of rotatable bonds is 6. The largest absolute Gasteiger partial charge is 0.352 e. The predicted molar refractivity (Wildman–Crippen MR) is 95.0 cm³/mol. The van der Waals surface area contributed by atoms with Crippen LogP contribution >= 0.6 is 11.6 Å². The molecule has 0 aromatic heterocycles. The minimum atomic E-state index is -3.68. The molecule has 1 amide bonds. The average molecular weight is 365 g/mol. The molecule has 126 valence electrons. The molecule has 5 nitrogen and oxygen atoms in total. The Balaban J connectivity index is 1.83. The summed E-state index contributed by atoms with van der Waals surface area (Å²) in [6, 6.07) is 13.5. The van der Waals surface area contributed by atoms with E-state index in [0.29, 0.717) is 18.0 Å². The molecular weight excluding hydrogens is 348 g/mol. The predicted octanol–water partition coefficient (Wildman–Crippen LogP) is 2.36. The smallest absolute Gasteiger partial charge is 0.244 e. The van der Waals surface area contributed by atoms with Crippen LogP contribution in [-0.2, 0) is 21.2 Å². The van der Waals surface area contributed by atoms with Gasteiger partial charge in [-0.05, 0) is 41.8 Å². The van der Waals surface area contributed by atoms with Gasteiger partial charge >= 0.3 is 0 Å². The Kier molecular flexibility index (Phi) is 6.14. The third-order valence-corrected chi connectivity index (χ3v) is 4.56. The van der Waals surface area contributed by atoms with Crippen LogP contribution in [0.1, 0.15) is 11.1 Å². The number of carbonyl (C=O) groups is 1. The number of nitrogens with one attached hydrogen (secondary N) is 1. The Morgan fingerprint density at radius 3 is 2.42 bits per heavy atom. The number of benzene rings is 2. The van der Waals surface area contributed by atoms with E-state index >= 15 is 0 Å². The summed E-state index contributed by atoms with van der Waals surface area (Å²) in [5.74, 6) is -0.226. The van der Waals surface area contributed by atoms with E-state index in [2.05, 4.69) is 5.32 Å². The van der Waals surface area contributed by atoms with Crippen molar-refractivity contribution in [3.63, 3.8) is 0 Å². The molecule has 24 heavy (non-hydrogen) atoms. The zero-order valence-corrected chi connectivity index (χ0v) is 14.3. The van der Waals surface area contributed by atoms with Gasteiger partial charge < -0.3 is 5.32 Å². The van der Waals surface area contributed by atoms with Gasteiger partial charge in [-0.3, -0.25) is 4.79 Å². The van der Waals surface area contributed by atoms with Gasteiger partial charge in [0.05, 0.1) is 4.90 Å². The van der Waals surface area contributed by atoms with Crippen molar-refractivity contribution >= 4 is 33.6 Å². The van der Waals surface area contributed by atoms with Crippen LogP contribution in [-0.4, -0.2) is 20.9 Å². The fourth-order valence-corrected chi connectivity index (χ4v) is 2.72. The minimum Gasteiger partial charge on any atom is -0.352 e. The highest BCUT2D eigenvalue weighted by atomic mass is 35.5. The quantitative estimate of drug-likeness (QED) is 0.771. The van der Waals surface area contributed by atoms with Crippen LogP contribution in [0.3, 0.4) is 0 Å². The van der Waals surface area contributed by atoms with Gasteiger partial charge in [-0.2, -0.15) is 0 Å². The summed E-state index contributed by atoms with van der Waals surface area (Å²) in [7, 11) is -3.68. The lowest BCUT2D eigenvalue weighted by Gasteiger charge is -2.04. The second-order valence-corrected chi connectivity index (χ2v) is 7.05. The Morgan fingerprint density at radius 2 is 1.79 bits per heavy atom. The Hall–Kier alpha value is -2.15. The molecule has 0 bridgehead atoms. The van der Waals surface area contributed by atoms with E-state index in [-0.39, 0.29) is 10.8 Å². The second kappa shape index (κ2) is 8.10. The Morgan fingerprint density at radius 1 is 1.12 bits per heavy atom. The molecule has 0 saturated heterocycles. The highest BCUT2D eigenvalue weighted by Crippen LogP contribution is 2.16. The van der Waals surface area contributed by atoms with Gasteiger partial charge in [0.1, 0.15) is 0 Å². The lowest BCUT2D eigenvalue weighted by atomic mass is 10.1. The highest BCUT2D eigenvalue weighted by molar-refractivity contribution is 7.89. The number of primary sulfonamides is 1. The molecule has 0 saturated carbocycles. The van der Waals surface area contributed by atoms with E-state index in [9.17, 15) is 13.2 Å². The number of sulfonamides is 1. The van der Waals surface area contributed by atoms with Gasteiger partial charge in [0.2, 0.25) is 15.9 Å². The Bertz CT molecular complexity index is 846. The van der Waals surface area contributed by atoms with Crippen LogP contribution in [0.2, 0.25) is 5.02 Å². The van der Waals surface area contributed by atoms with Crippen LogP contribution in [0.25, 0.3) is 6.08 Å². The first-order valence-electron chi connectivity index (χ1n) is 7.18. The average Bonchev–Trinajstić information content (AvgIpc) is 2.54. The normalized spacial score (nSPS) is 11.6. The molecule has 0 fully saturated rings. The molecule has 0 spiro atoms. The van der Waals surface area contributed by atoms with E-state index in [1.807, 2.05) is 18.2 Å². The number of hydrogen-bond acceptors (Lipinski definition) is 3.